The molecule has 0 spiro atoms. The molecule has 0 heterocycles. The summed E-state index contributed by atoms with van der Waals surface area (Å²) in [7, 11) is -3.62. The largest absolute Gasteiger partial charge is 0.279 e. The third kappa shape index (κ3) is 4.19. The van der Waals surface area contributed by atoms with Crippen LogP contribution in [-0.2, 0) is 10.0 Å². The normalized spacial score (nSPS) is 12.0. The predicted molar refractivity (Wildman–Crippen MR) is 104 cm³/mol. The molecule has 5 heteroatoms. The van der Waals surface area contributed by atoms with Crippen LogP contribution in [0.15, 0.2) is 45.8 Å². The second kappa shape index (κ2) is 7.28. The molecule has 0 fully saturated rings. The van der Waals surface area contributed by atoms with Crippen LogP contribution in [0.5, 0.6) is 0 Å². The second-order valence-electron chi connectivity index (χ2n) is 6.69. The summed E-state index contributed by atoms with van der Waals surface area (Å²) in [6, 6.07) is 10.9. The molecular weight excluding hydrogens is 386 g/mol. The van der Waals surface area contributed by atoms with Gasteiger partial charge >= 0.3 is 0 Å². The van der Waals surface area contributed by atoms with Gasteiger partial charge in [0.15, 0.2) is 0 Å². The molecule has 0 bridgehead atoms. The molecule has 0 aromatic heterocycles. The molecule has 1 N–H and O–H groups in total. The average Bonchev–Trinajstić information content (AvgIpc) is 2.48. The molecule has 2 rings (SSSR count). The highest BCUT2D eigenvalue weighted by Gasteiger charge is 2.21. The zero-order chi connectivity index (χ0) is 18.1. The summed E-state index contributed by atoms with van der Waals surface area (Å²) < 4.78 is 29.4. The average molecular weight is 410 g/mol. The van der Waals surface area contributed by atoms with E-state index in [9.17, 15) is 8.42 Å². The van der Waals surface area contributed by atoms with E-state index in [0.29, 0.717) is 5.69 Å². The van der Waals surface area contributed by atoms with Gasteiger partial charge in [-0.25, -0.2) is 8.42 Å². The Hall–Kier alpha value is -1.33. The van der Waals surface area contributed by atoms with Crippen LogP contribution in [0.1, 0.15) is 56.2 Å². The SMILES string of the molecule is Cc1ccc(S(=O)(=O)Nc2c(C(C)C)cc(Br)cc2C(C)C)cc1. The lowest BCUT2D eigenvalue weighted by molar-refractivity contribution is 0.601. The molecule has 130 valence electrons. The molecule has 0 atom stereocenters. The molecule has 0 amide bonds. The number of benzene rings is 2. The lowest BCUT2D eigenvalue weighted by Gasteiger charge is -2.21. The van der Waals surface area contributed by atoms with Crippen molar-refractivity contribution in [3.8, 4) is 0 Å². The first-order chi connectivity index (χ1) is 11.1. The van der Waals surface area contributed by atoms with Crippen molar-refractivity contribution < 1.29 is 8.42 Å². The predicted octanol–water partition coefficient (Wildman–Crippen LogP) is 5.81. The standard InChI is InChI=1S/C19H24BrNO2S/c1-12(2)17-10-15(20)11-18(13(3)4)19(17)21-24(22,23)16-8-6-14(5)7-9-16/h6-13,21H,1-5H3. The summed E-state index contributed by atoms with van der Waals surface area (Å²) in [5.74, 6) is 0.409. The van der Waals surface area contributed by atoms with Crippen molar-refractivity contribution in [1.82, 2.24) is 0 Å². The molecule has 2 aromatic rings. The van der Waals surface area contributed by atoms with E-state index in [4.69, 9.17) is 0 Å². The van der Waals surface area contributed by atoms with Crippen LogP contribution in [0.4, 0.5) is 5.69 Å². The van der Waals surface area contributed by atoms with Gasteiger partial charge in [0, 0.05) is 4.47 Å². The van der Waals surface area contributed by atoms with Crippen molar-refractivity contribution in [3.63, 3.8) is 0 Å². The van der Waals surface area contributed by atoms with Crippen LogP contribution in [0.2, 0.25) is 0 Å². The number of nitrogens with one attached hydrogen (secondary N) is 1. The van der Waals surface area contributed by atoms with Crippen molar-refractivity contribution in [3.05, 3.63) is 57.6 Å². The van der Waals surface area contributed by atoms with E-state index in [1.807, 2.05) is 31.2 Å². The highest BCUT2D eigenvalue weighted by molar-refractivity contribution is 9.10. The Bertz CT molecular complexity index is 796. The summed E-state index contributed by atoms with van der Waals surface area (Å²) in [5.41, 5.74) is 3.71. The Kier molecular flexibility index (Phi) is 5.76. The van der Waals surface area contributed by atoms with E-state index in [1.165, 1.54) is 0 Å². The summed E-state index contributed by atoms with van der Waals surface area (Å²) in [5, 5.41) is 0. The molecule has 0 aliphatic rings. The minimum absolute atomic E-state index is 0.204. The summed E-state index contributed by atoms with van der Waals surface area (Å²) >= 11 is 3.54. The van der Waals surface area contributed by atoms with Gasteiger partial charge in [0.1, 0.15) is 0 Å². The maximum Gasteiger partial charge on any atom is 0.261 e. The maximum atomic E-state index is 12.8. The number of aryl methyl sites for hydroxylation is 1. The van der Waals surface area contributed by atoms with E-state index >= 15 is 0 Å². The smallest absolute Gasteiger partial charge is 0.261 e. The molecular formula is C19H24BrNO2S. The van der Waals surface area contributed by atoms with Gasteiger partial charge in [-0.15, -0.1) is 0 Å². The minimum atomic E-state index is -3.62. The fraction of sp³-hybridized carbons (Fsp3) is 0.368. The fourth-order valence-electron chi connectivity index (χ4n) is 2.59. The topological polar surface area (TPSA) is 46.2 Å². The Morgan fingerprint density at radius 1 is 0.917 bits per heavy atom. The van der Waals surface area contributed by atoms with Crippen LogP contribution in [-0.4, -0.2) is 8.42 Å². The van der Waals surface area contributed by atoms with Gasteiger partial charge in [-0.1, -0.05) is 61.3 Å². The number of rotatable bonds is 5. The van der Waals surface area contributed by atoms with Crippen LogP contribution < -0.4 is 4.72 Å². The van der Waals surface area contributed by atoms with E-state index in [-0.39, 0.29) is 16.7 Å². The molecule has 2 aromatic carbocycles. The van der Waals surface area contributed by atoms with Crippen molar-refractivity contribution in [2.24, 2.45) is 0 Å². The Labute approximate surface area is 153 Å². The van der Waals surface area contributed by atoms with Crippen LogP contribution in [0.3, 0.4) is 0 Å². The number of halogens is 1. The molecule has 3 nitrogen and oxygen atoms in total. The lowest BCUT2D eigenvalue weighted by atomic mass is 9.93. The summed E-state index contributed by atoms with van der Waals surface area (Å²) in [6.07, 6.45) is 0. The van der Waals surface area contributed by atoms with Crippen molar-refractivity contribution in [2.45, 2.75) is 51.3 Å². The van der Waals surface area contributed by atoms with Crippen molar-refractivity contribution in [1.29, 1.82) is 0 Å². The number of hydrogen-bond acceptors (Lipinski definition) is 2. The van der Waals surface area contributed by atoms with Crippen LogP contribution in [0, 0.1) is 6.92 Å². The van der Waals surface area contributed by atoms with Gasteiger partial charge in [-0.3, -0.25) is 4.72 Å². The van der Waals surface area contributed by atoms with Gasteiger partial charge in [-0.05, 0) is 54.2 Å². The minimum Gasteiger partial charge on any atom is -0.279 e. The van der Waals surface area contributed by atoms with Crippen molar-refractivity contribution >= 4 is 31.6 Å². The molecule has 24 heavy (non-hydrogen) atoms. The van der Waals surface area contributed by atoms with E-state index in [2.05, 4.69) is 48.3 Å². The first kappa shape index (κ1) is 19.0. The van der Waals surface area contributed by atoms with Gasteiger partial charge in [-0.2, -0.15) is 0 Å². The van der Waals surface area contributed by atoms with E-state index < -0.39 is 10.0 Å². The fourth-order valence-corrected chi connectivity index (χ4v) is 4.20. The van der Waals surface area contributed by atoms with Crippen LogP contribution in [0.25, 0.3) is 0 Å². The van der Waals surface area contributed by atoms with E-state index in [0.717, 1.165) is 21.2 Å². The quantitative estimate of drug-likeness (QED) is 0.677. The summed E-state index contributed by atoms with van der Waals surface area (Å²) in [6.45, 7) is 10.2. The highest BCUT2D eigenvalue weighted by atomic mass is 79.9. The van der Waals surface area contributed by atoms with Gasteiger partial charge in [0.25, 0.3) is 10.0 Å². The Morgan fingerprint density at radius 2 is 1.38 bits per heavy atom. The van der Waals surface area contributed by atoms with Crippen molar-refractivity contribution in [2.75, 3.05) is 4.72 Å². The van der Waals surface area contributed by atoms with Gasteiger partial charge in [0.05, 0.1) is 10.6 Å². The molecule has 0 saturated carbocycles. The Morgan fingerprint density at radius 3 is 1.79 bits per heavy atom. The monoisotopic (exact) mass is 409 g/mol. The lowest BCUT2D eigenvalue weighted by Crippen LogP contribution is -2.16. The van der Waals surface area contributed by atoms with E-state index in [1.54, 1.807) is 12.1 Å². The third-order valence-corrected chi connectivity index (χ3v) is 5.80. The molecule has 0 saturated heterocycles. The van der Waals surface area contributed by atoms with Gasteiger partial charge in [0.2, 0.25) is 0 Å². The summed E-state index contributed by atoms with van der Waals surface area (Å²) in [4.78, 5) is 0.278. The number of sulfonamides is 1. The molecule has 0 unspecified atom stereocenters. The first-order valence-corrected chi connectivity index (χ1v) is 10.3. The Balaban J connectivity index is 2.57. The first-order valence-electron chi connectivity index (χ1n) is 8.04. The maximum absolute atomic E-state index is 12.8. The molecule has 0 radical (unpaired) electrons. The number of anilines is 1. The van der Waals surface area contributed by atoms with Gasteiger partial charge < -0.3 is 0 Å². The zero-order valence-corrected chi connectivity index (χ0v) is 17.1. The molecule has 0 aliphatic heterocycles. The third-order valence-electron chi connectivity index (χ3n) is 3.98. The number of hydrogen-bond donors (Lipinski definition) is 1. The van der Waals surface area contributed by atoms with Crippen LogP contribution >= 0.6 is 15.9 Å². The zero-order valence-electron chi connectivity index (χ0n) is 14.7. The molecule has 0 aliphatic carbocycles. The second-order valence-corrected chi connectivity index (χ2v) is 9.29. The highest BCUT2D eigenvalue weighted by Crippen LogP contribution is 2.36.